The fourth-order valence-electron chi connectivity index (χ4n) is 7.23. The topological polar surface area (TPSA) is 0 Å². The maximum atomic E-state index is 2.63. The van der Waals surface area contributed by atoms with E-state index in [1.165, 1.54) is 64.2 Å². The fourth-order valence-corrected chi connectivity index (χ4v) is 7.23. The third-order valence-electron chi connectivity index (χ3n) is 8.20. The molecule has 0 N–H and O–H groups in total. The van der Waals surface area contributed by atoms with E-state index in [2.05, 4.69) is 27.7 Å². The molecule has 3 aliphatic carbocycles. The summed E-state index contributed by atoms with van der Waals surface area (Å²) < 4.78 is 0. The molecule has 0 heteroatoms. The second kappa shape index (κ2) is 3.76. The summed E-state index contributed by atoms with van der Waals surface area (Å²) in [6, 6.07) is 0. The van der Waals surface area contributed by atoms with Crippen molar-refractivity contribution in [3.8, 4) is 0 Å². The highest BCUT2D eigenvalue weighted by atomic mass is 14.8. The maximum absolute atomic E-state index is 2.63. The minimum absolute atomic E-state index is 0.588. The van der Waals surface area contributed by atoms with Crippen molar-refractivity contribution in [3.63, 3.8) is 0 Å². The molecule has 0 saturated heterocycles. The molecule has 3 fully saturated rings. The fraction of sp³-hybridized carbons (Fsp3) is 1.00. The second-order valence-corrected chi connectivity index (χ2v) is 8.54. The highest BCUT2D eigenvalue weighted by molar-refractivity contribution is 5.25. The van der Waals surface area contributed by atoms with Gasteiger partial charge in [0.2, 0.25) is 0 Å². The Morgan fingerprint density at radius 3 is 1.00 bits per heavy atom. The Bertz CT molecular complexity index is 272. The van der Waals surface area contributed by atoms with Gasteiger partial charge in [-0.05, 0) is 47.3 Å². The average molecular weight is 248 g/mol. The Hall–Kier alpha value is 0. The number of rotatable bonds is 0. The van der Waals surface area contributed by atoms with Gasteiger partial charge in [0, 0.05) is 0 Å². The zero-order chi connectivity index (χ0) is 13.1. The van der Waals surface area contributed by atoms with Crippen LogP contribution in [0.2, 0.25) is 0 Å². The van der Waals surface area contributed by atoms with Crippen LogP contribution < -0.4 is 0 Å². The molecule has 3 saturated carbocycles. The normalized spacial score (nSPS) is 35.3. The largest absolute Gasteiger partial charge is 0.0588 e. The van der Waals surface area contributed by atoms with Crippen molar-refractivity contribution in [3.05, 3.63) is 0 Å². The molecule has 18 heavy (non-hydrogen) atoms. The average Bonchev–Trinajstić information content (AvgIpc) is 2.39. The SMILES string of the molecule is CC1(C)C2(CCCCC2)C(C)(C)C12CCCCC2. The summed E-state index contributed by atoms with van der Waals surface area (Å²) >= 11 is 0. The monoisotopic (exact) mass is 248 g/mol. The predicted octanol–water partition coefficient (Wildman–Crippen LogP) is 5.95. The highest BCUT2D eigenvalue weighted by Gasteiger charge is 2.77. The summed E-state index contributed by atoms with van der Waals surface area (Å²) in [7, 11) is 0. The molecule has 3 rings (SSSR count). The van der Waals surface area contributed by atoms with Gasteiger partial charge in [-0.3, -0.25) is 0 Å². The number of hydrogen-bond acceptors (Lipinski definition) is 0. The third kappa shape index (κ3) is 1.15. The van der Waals surface area contributed by atoms with Gasteiger partial charge in [-0.25, -0.2) is 0 Å². The molecular formula is C18H32. The van der Waals surface area contributed by atoms with Crippen molar-refractivity contribution in [1.29, 1.82) is 0 Å². The molecule has 0 aromatic carbocycles. The molecular weight excluding hydrogens is 216 g/mol. The summed E-state index contributed by atoms with van der Waals surface area (Å²) in [5.41, 5.74) is 2.50. The van der Waals surface area contributed by atoms with Crippen molar-refractivity contribution in [1.82, 2.24) is 0 Å². The van der Waals surface area contributed by atoms with Crippen molar-refractivity contribution >= 4 is 0 Å². The van der Waals surface area contributed by atoms with Gasteiger partial charge in [-0.15, -0.1) is 0 Å². The van der Waals surface area contributed by atoms with Gasteiger partial charge in [0.15, 0.2) is 0 Å². The Morgan fingerprint density at radius 2 is 0.722 bits per heavy atom. The van der Waals surface area contributed by atoms with Crippen LogP contribution in [0, 0.1) is 21.7 Å². The first-order chi connectivity index (χ1) is 8.41. The summed E-state index contributed by atoms with van der Waals surface area (Å²) in [5, 5.41) is 0. The minimum atomic E-state index is 0.588. The lowest BCUT2D eigenvalue weighted by Crippen LogP contribution is -2.75. The lowest BCUT2D eigenvalue weighted by atomic mass is 9.22. The summed E-state index contributed by atoms with van der Waals surface area (Å²) in [6.45, 7) is 10.5. The van der Waals surface area contributed by atoms with Crippen LogP contribution in [0.5, 0.6) is 0 Å². The summed E-state index contributed by atoms with van der Waals surface area (Å²) in [6.07, 6.45) is 15.0. The Kier molecular flexibility index (Phi) is 2.72. The van der Waals surface area contributed by atoms with Gasteiger partial charge in [0.05, 0.1) is 0 Å². The summed E-state index contributed by atoms with van der Waals surface area (Å²) in [5.74, 6) is 0. The van der Waals surface area contributed by atoms with E-state index >= 15 is 0 Å². The quantitative estimate of drug-likeness (QED) is 0.496. The van der Waals surface area contributed by atoms with Crippen molar-refractivity contribution in [2.24, 2.45) is 21.7 Å². The van der Waals surface area contributed by atoms with Crippen molar-refractivity contribution < 1.29 is 0 Å². The van der Waals surface area contributed by atoms with E-state index in [4.69, 9.17) is 0 Å². The molecule has 0 bridgehead atoms. The van der Waals surface area contributed by atoms with E-state index < -0.39 is 0 Å². The van der Waals surface area contributed by atoms with Crippen LogP contribution in [0.25, 0.3) is 0 Å². The first-order valence-corrected chi connectivity index (χ1v) is 8.41. The third-order valence-corrected chi connectivity index (χ3v) is 8.20. The van der Waals surface area contributed by atoms with Gasteiger partial charge < -0.3 is 0 Å². The second-order valence-electron chi connectivity index (χ2n) is 8.54. The Labute approximate surface area is 114 Å². The van der Waals surface area contributed by atoms with Crippen molar-refractivity contribution in [2.75, 3.05) is 0 Å². The van der Waals surface area contributed by atoms with Crippen LogP contribution in [0.1, 0.15) is 91.9 Å². The molecule has 0 atom stereocenters. The molecule has 0 nitrogen and oxygen atoms in total. The van der Waals surface area contributed by atoms with Crippen LogP contribution in [-0.4, -0.2) is 0 Å². The Balaban J connectivity index is 1.99. The van der Waals surface area contributed by atoms with E-state index in [-0.39, 0.29) is 0 Å². The standard InChI is InChI=1S/C18H32/c1-15(2)17(11-7-5-8-12-17)16(3,4)18(15)13-9-6-10-14-18/h5-14H2,1-4H3. The molecule has 2 spiro atoms. The molecule has 0 heterocycles. The molecule has 0 aliphatic heterocycles. The zero-order valence-electron chi connectivity index (χ0n) is 13.1. The van der Waals surface area contributed by atoms with Gasteiger partial charge >= 0.3 is 0 Å². The van der Waals surface area contributed by atoms with Gasteiger partial charge in [0.1, 0.15) is 0 Å². The molecule has 3 aliphatic rings. The van der Waals surface area contributed by atoms with E-state index in [0.29, 0.717) is 21.7 Å². The predicted molar refractivity (Wildman–Crippen MR) is 78.6 cm³/mol. The number of hydrogen-bond donors (Lipinski definition) is 0. The van der Waals surface area contributed by atoms with Gasteiger partial charge in [-0.1, -0.05) is 66.2 Å². The molecule has 0 amide bonds. The first kappa shape index (κ1) is 13.0. The maximum Gasteiger partial charge on any atom is -0.0184 e. The Morgan fingerprint density at radius 1 is 0.444 bits per heavy atom. The van der Waals surface area contributed by atoms with Crippen LogP contribution in [0.4, 0.5) is 0 Å². The summed E-state index contributed by atoms with van der Waals surface area (Å²) in [4.78, 5) is 0. The zero-order valence-corrected chi connectivity index (χ0v) is 13.1. The van der Waals surface area contributed by atoms with Crippen LogP contribution in [-0.2, 0) is 0 Å². The molecule has 104 valence electrons. The lowest BCUT2D eigenvalue weighted by Gasteiger charge is -2.82. The van der Waals surface area contributed by atoms with Gasteiger partial charge in [-0.2, -0.15) is 0 Å². The first-order valence-electron chi connectivity index (χ1n) is 8.41. The van der Waals surface area contributed by atoms with E-state index in [9.17, 15) is 0 Å². The molecule has 0 unspecified atom stereocenters. The molecule has 0 aromatic rings. The van der Waals surface area contributed by atoms with E-state index in [0.717, 1.165) is 0 Å². The smallest absolute Gasteiger partial charge is 0.0184 e. The van der Waals surface area contributed by atoms with Crippen LogP contribution in [0.3, 0.4) is 0 Å². The highest BCUT2D eigenvalue weighted by Crippen LogP contribution is 2.84. The molecule has 0 radical (unpaired) electrons. The van der Waals surface area contributed by atoms with Gasteiger partial charge in [0.25, 0.3) is 0 Å². The van der Waals surface area contributed by atoms with Crippen molar-refractivity contribution in [2.45, 2.75) is 91.9 Å². The minimum Gasteiger partial charge on any atom is -0.0588 e. The molecule has 0 aromatic heterocycles. The lowest BCUT2D eigenvalue weighted by molar-refractivity contribution is -0.339. The van der Waals surface area contributed by atoms with E-state index in [1.54, 1.807) is 0 Å². The van der Waals surface area contributed by atoms with Crippen LogP contribution in [0.15, 0.2) is 0 Å². The van der Waals surface area contributed by atoms with Crippen LogP contribution >= 0.6 is 0 Å². The van der Waals surface area contributed by atoms with E-state index in [1.807, 2.05) is 0 Å².